The largest absolute Gasteiger partial charge is 0.487 e. The maximum absolute atomic E-state index is 13.5. The number of hydrogen-bond donors (Lipinski definition) is 1. The van der Waals surface area contributed by atoms with Crippen molar-refractivity contribution >= 4 is 35.9 Å². The van der Waals surface area contributed by atoms with Gasteiger partial charge in [-0.2, -0.15) is 0 Å². The highest BCUT2D eigenvalue weighted by molar-refractivity contribution is 6.13. The minimum atomic E-state index is -0.402. The molecule has 1 fully saturated rings. The number of imide groups is 1. The van der Waals surface area contributed by atoms with Crippen LogP contribution in [0.3, 0.4) is 0 Å². The van der Waals surface area contributed by atoms with Gasteiger partial charge in [0.15, 0.2) is 0 Å². The Hall–Kier alpha value is -5.11. The molecule has 5 rings (SSSR count). The number of fused-ring (bicyclic) bond motifs is 2. The number of ether oxygens (including phenoxy) is 4. The zero-order chi connectivity index (χ0) is 35.3. The van der Waals surface area contributed by atoms with Crippen molar-refractivity contribution in [2.45, 2.75) is 18.9 Å². The molecule has 264 valence electrons. The third kappa shape index (κ3) is 10.2. The van der Waals surface area contributed by atoms with Crippen molar-refractivity contribution in [3.05, 3.63) is 96.0 Å². The highest BCUT2D eigenvalue weighted by atomic mass is 16.5. The molecule has 0 spiro atoms. The average Bonchev–Trinajstić information content (AvgIpc) is 3.66. The fourth-order valence-electron chi connectivity index (χ4n) is 5.57. The van der Waals surface area contributed by atoms with Gasteiger partial charge in [-0.05, 0) is 24.1 Å². The monoisotopic (exact) mass is 685 g/mol. The maximum atomic E-state index is 13.5. The number of rotatable bonds is 18. The van der Waals surface area contributed by atoms with Crippen molar-refractivity contribution in [1.29, 1.82) is 0 Å². The molecule has 0 aromatic heterocycles. The first kappa shape index (κ1) is 36.2. The highest BCUT2D eigenvalue weighted by Crippen LogP contribution is 2.29. The van der Waals surface area contributed by atoms with Crippen LogP contribution in [-0.2, 0) is 28.6 Å². The normalized spacial score (nSPS) is 19.6. The van der Waals surface area contributed by atoms with Crippen LogP contribution in [-0.4, -0.2) is 123 Å². The number of carbonyl (C=O) groups excluding carboxylic acids is 4. The molecule has 1 aromatic carbocycles. The zero-order valence-electron chi connectivity index (χ0n) is 28.1. The molecule has 4 heterocycles. The van der Waals surface area contributed by atoms with Gasteiger partial charge in [-0.3, -0.25) is 29.1 Å². The van der Waals surface area contributed by atoms with E-state index in [4.69, 9.17) is 18.9 Å². The fourth-order valence-corrected chi connectivity index (χ4v) is 5.57. The van der Waals surface area contributed by atoms with E-state index in [0.29, 0.717) is 76.3 Å². The van der Waals surface area contributed by atoms with Crippen LogP contribution in [0, 0.1) is 0 Å². The van der Waals surface area contributed by atoms with Gasteiger partial charge in [0.2, 0.25) is 5.91 Å². The quantitative estimate of drug-likeness (QED) is 0.140. The van der Waals surface area contributed by atoms with Crippen LogP contribution < -0.4 is 10.1 Å². The lowest BCUT2D eigenvalue weighted by Gasteiger charge is -2.24. The minimum Gasteiger partial charge on any atom is -0.487 e. The van der Waals surface area contributed by atoms with Gasteiger partial charge in [-0.1, -0.05) is 49.1 Å². The predicted molar refractivity (Wildman–Crippen MR) is 187 cm³/mol. The third-order valence-electron chi connectivity index (χ3n) is 8.22. The number of benzene rings is 1. The van der Waals surface area contributed by atoms with Crippen molar-refractivity contribution in [1.82, 2.24) is 20.0 Å². The fraction of sp³-hybridized carbons (Fsp3) is 0.378. The SMILES string of the molecule is C=C1C[C@H]2/C=C/C=C/c3ccc(OCC4=CN(CCOCCOCCOCCNC(=O)CCN5C(=O)C=CC5=O)C(=C)C=N4)cc3C(=O)N2C1. The molecule has 13 nitrogen and oxygen atoms in total. The van der Waals surface area contributed by atoms with E-state index in [-0.39, 0.29) is 37.4 Å². The summed E-state index contributed by atoms with van der Waals surface area (Å²) in [5.74, 6) is -0.518. The first-order valence-corrected chi connectivity index (χ1v) is 16.6. The number of hydrogen-bond acceptors (Lipinski definition) is 10. The topological polar surface area (TPSA) is 139 Å². The number of carbonyl (C=O) groups is 4. The Morgan fingerprint density at radius 2 is 1.66 bits per heavy atom. The van der Waals surface area contributed by atoms with Gasteiger partial charge in [0.1, 0.15) is 12.4 Å². The summed E-state index contributed by atoms with van der Waals surface area (Å²) in [5.41, 5.74) is 3.92. The van der Waals surface area contributed by atoms with Crippen LogP contribution >= 0.6 is 0 Å². The molecular formula is C37H43N5O8. The summed E-state index contributed by atoms with van der Waals surface area (Å²) < 4.78 is 22.8. The summed E-state index contributed by atoms with van der Waals surface area (Å²) in [6.07, 6.45) is 14.7. The highest BCUT2D eigenvalue weighted by Gasteiger charge is 2.31. The lowest BCUT2D eigenvalue weighted by molar-refractivity contribution is -0.137. The van der Waals surface area contributed by atoms with Crippen molar-refractivity contribution in [3.8, 4) is 5.75 Å². The van der Waals surface area contributed by atoms with Crippen molar-refractivity contribution in [2.24, 2.45) is 4.99 Å². The average molecular weight is 686 g/mol. The Morgan fingerprint density at radius 1 is 0.920 bits per heavy atom. The van der Waals surface area contributed by atoms with Crippen LogP contribution in [0.25, 0.3) is 6.08 Å². The zero-order valence-corrected chi connectivity index (χ0v) is 28.1. The Kier molecular flexibility index (Phi) is 13.1. The van der Waals surface area contributed by atoms with Crippen LogP contribution in [0.5, 0.6) is 5.75 Å². The number of nitrogens with zero attached hydrogens (tertiary/aromatic N) is 4. The van der Waals surface area contributed by atoms with E-state index in [2.05, 4.69) is 23.5 Å². The summed E-state index contributed by atoms with van der Waals surface area (Å²) in [5, 5.41) is 2.69. The molecule has 0 bridgehead atoms. The standard InChI is InChI=1S/C37H43N5O8/c1-27-21-31-6-4-3-5-29-7-8-32(22-33(29)37(46)42(31)24-27)50-26-30-25-40(28(2)23-39-30)14-16-48-18-20-49-19-17-47-15-12-38-34(43)11-13-41-35(44)9-10-36(41)45/h3-10,22-23,25,31H,1-2,11-21,24,26H2,(H,38,43)/b5-3+,6-4+/t31-/m1/s1. The maximum Gasteiger partial charge on any atom is 0.255 e. The van der Waals surface area contributed by atoms with Gasteiger partial charge < -0.3 is 34.1 Å². The van der Waals surface area contributed by atoms with Crippen LogP contribution in [0.15, 0.2) is 89.9 Å². The molecular weight excluding hydrogens is 642 g/mol. The summed E-state index contributed by atoms with van der Waals surface area (Å²) in [4.78, 5) is 57.7. The van der Waals surface area contributed by atoms with Crippen LogP contribution in [0.4, 0.5) is 0 Å². The second-order valence-corrected chi connectivity index (χ2v) is 11.9. The van der Waals surface area contributed by atoms with Crippen LogP contribution in [0.2, 0.25) is 0 Å². The van der Waals surface area contributed by atoms with E-state index >= 15 is 0 Å². The van der Waals surface area contributed by atoms with Gasteiger partial charge in [-0.25, -0.2) is 0 Å². The summed E-state index contributed by atoms with van der Waals surface area (Å²) in [6.45, 7) is 12.2. The summed E-state index contributed by atoms with van der Waals surface area (Å²) >= 11 is 0. The molecule has 0 saturated carbocycles. The summed E-state index contributed by atoms with van der Waals surface area (Å²) in [6, 6.07) is 5.56. The molecule has 1 atom stereocenters. The van der Waals surface area contributed by atoms with E-state index < -0.39 is 11.8 Å². The molecule has 1 aromatic rings. The lowest BCUT2D eigenvalue weighted by atomic mass is 10.1. The van der Waals surface area contributed by atoms with Gasteiger partial charge in [0, 0.05) is 51.0 Å². The molecule has 4 aliphatic heterocycles. The molecule has 4 amide bonds. The van der Waals surface area contributed by atoms with E-state index in [9.17, 15) is 19.2 Å². The Bertz CT molecular complexity index is 1610. The van der Waals surface area contributed by atoms with Gasteiger partial charge >= 0.3 is 0 Å². The first-order valence-electron chi connectivity index (χ1n) is 16.6. The molecule has 1 saturated heterocycles. The Morgan fingerprint density at radius 3 is 2.44 bits per heavy atom. The van der Waals surface area contributed by atoms with Crippen molar-refractivity contribution in [2.75, 3.05) is 72.4 Å². The molecule has 50 heavy (non-hydrogen) atoms. The van der Waals surface area contributed by atoms with Crippen molar-refractivity contribution < 1.29 is 38.1 Å². The molecule has 0 radical (unpaired) electrons. The minimum absolute atomic E-state index is 0.00692. The van der Waals surface area contributed by atoms with E-state index in [1.54, 1.807) is 12.3 Å². The molecule has 0 unspecified atom stereocenters. The molecule has 13 heteroatoms. The number of nitrogens with one attached hydrogen (secondary N) is 1. The van der Waals surface area contributed by atoms with Gasteiger partial charge in [-0.15, -0.1) is 0 Å². The first-order chi connectivity index (χ1) is 24.3. The molecule has 1 N–H and O–H groups in total. The second kappa shape index (κ2) is 18.0. The van der Waals surface area contributed by atoms with E-state index in [0.717, 1.165) is 28.2 Å². The molecule has 0 aliphatic carbocycles. The Balaban J connectivity index is 0.930. The number of amides is 4. The smallest absolute Gasteiger partial charge is 0.255 e. The number of aliphatic imine (C=N–C) groups is 1. The number of allylic oxidation sites excluding steroid dienone is 3. The van der Waals surface area contributed by atoms with Crippen LogP contribution in [0.1, 0.15) is 28.8 Å². The van der Waals surface area contributed by atoms with Gasteiger partial charge in [0.05, 0.1) is 68.9 Å². The van der Waals surface area contributed by atoms with E-state index in [1.165, 1.54) is 12.2 Å². The lowest BCUT2D eigenvalue weighted by Crippen LogP contribution is -2.35. The van der Waals surface area contributed by atoms with Crippen molar-refractivity contribution in [3.63, 3.8) is 0 Å². The second-order valence-electron chi connectivity index (χ2n) is 11.9. The molecule has 4 aliphatic rings. The Labute approximate surface area is 291 Å². The van der Waals surface area contributed by atoms with Gasteiger partial charge in [0.25, 0.3) is 17.7 Å². The summed E-state index contributed by atoms with van der Waals surface area (Å²) in [7, 11) is 0. The third-order valence-corrected chi connectivity index (χ3v) is 8.22. The van der Waals surface area contributed by atoms with E-state index in [1.807, 2.05) is 52.4 Å². The predicted octanol–water partition coefficient (Wildman–Crippen LogP) is 2.64.